The summed E-state index contributed by atoms with van der Waals surface area (Å²) in [7, 11) is 0. The molecule has 0 aliphatic rings. The van der Waals surface area contributed by atoms with Crippen molar-refractivity contribution in [2.75, 3.05) is 4.90 Å². The van der Waals surface area contributed by atoms with Crippen LogP contribution in [0.2, 0.25) is 0 Å². The lowest BCUT2D eigenvalue weighted by Gasteiger charge is -2.27. The molecule has 0 saturated carbocycles. The molecule has 10 rings (SSSR count). The number of anilines is 3. The maximum absolute atomic E-state index is 10.4. The van der Waals surface area contributed by atoms with E-state index in [0.29, 0.717) is 4.90 Å². The third-order valence-electron chi connectivity index (χ3n) is 7.87. The van der Waals surface area contributed by atoms with Gasteiger partial charge in [0.15, 0.2) is 0 Å². The van der Waals surface area contributed by atoms with Gasteiger partial charge in [-0.15, -0.1) is 0 Å². The van der Waals surface area contributed by atoms with E-state index in [1.807, 2.05) is 0 Å². The molecule has 0 N–H and O–H groups in total. The molecule has 10 aromatic rings. The molecule has 9 aromatic carbocycles. The molecule has 0 spiro atoms. The number of nitrogens with zero attached hydrogens (tertiary/aromatic N) is 1. The lowest BCUT2D eigenvalue weighted by atomic mass is 9.97. The molecule has 54 heavy (non-hydrogen) atoms. The maximum Gasteiger partial charge on any atom is 0.143 e. The lowest BCUT2D eigenvalue weighted by molar-refractivity contribution is 0.673. The molecule has 2 nitrogen and oxygen atoms in total. The Hall–Kier alpha value is -7.16. The van der Waals surface area contributed by atoms with Gasteiger partial charge in [0.25, 0.3) is 0 Å². The summed E-state index contributed by atoms with van der Waals surface area (Å²) < 4.78 is 322. The first kappa shape index (κ1) is 11.9. The molecule has 2 heteroatoms. The largest absolute Gasteiger partial charge is 0.455 e. The van der Waals surface area contributed by atoms with Crippen LogP contribution < -0.4 is 4.90 Å². The summed E-state index contributed by atoms with van der Waals surface area (Å²) in [5.41, 5.74) is -13.3. The Bertz CT molecular complexity index is 4660. The number of hydrogen-bond donors (Lipinski definition) is 0. The van der Waals surface area contributed by atoms with Crippen LogP contribution in [0.4, 0.5) is 17.1 Å². The first-order valence-electron chi connectivity index (χ1n) is 33.1. The minimum Gasteiger partial charge on any atom is -0.455 e. The minimum atomic E-state index is -1.38. The van der Waals surface area contributed by atoms with E-state index >= 15 is 0 Å². The molecular formula is C52H35NO. The summed E-state index contributed by atoms with van der Waals surface area (Å²) in [6, 6.07) is -38.7. The molecule has 0 unspecified atom stereocenters. The van der Waals surface area contributed by atoms with E-state index in [1.165, 1.54) is 0 Å². The topological polar surface area (TPSA) is 16.4 Å². The smallest absolute Gasteiger partial charge is 0.143 e. The highest BCUT2D eigenvalue weighted by Gasteiger charge is 2.22. The average molecular weight is 725 g/mol. The van der Waals surface area contributed by atoms with E-state index in [4.69, 9.17) is 30.5 Å². The van der Waals surface area contributed by atoms with E-state index < -0.39 is 306 Å². The maximum atomic E-state index is 10.4. The second-order valence-corrected chi connectivity index (χ2v) is 11.0. The minimum absolute atomic E-state index is 0.298. The predicted octanol–water partition coefficient (Wildman–Crippen LogP) is 14.9. The van der Waals surface area contributed by atoms with Crippen LogP contribution in [-0.4, -0.2) is 0 Å². The molecular weight excluding hydrogens is 655 g/mol. The van der Waals surface area contributed by atoms with Gasteiger partial charge in [-0.3, -0.25) is 0 Å². The second-order valence-electron chi connectivity index (χ2n) is 11.0. The second kappa shape index (κ2) is 13.4. The average Bonchev–Trinajstić information content (AvgIpc) is 1.65. The lowest BCUT2D eigenvalue weighted by Crippen LogP contribution is -2.10. The van der Waals surface area contributed by atoms with Crippen molar-refractivity contribution in [3.8, 4) is 44.5 Å². The van der Waals surface area contributed by atoms with Gasteiger partial charge in [0.05, 0.1) is 59.1 Å². The zero-order chi connectivity index (χ0) is 66.3. The SMILES string of the molecule is [2H]c1c([2H])c([2H])c(-c2c([2H])c([2H])c(-c3c([2H])c(N(c4c([2H])c([2H])c(-c5c([2H])c([2H])c([2H])c([2H])c5[2H])c([2H])c4[2H])c4c([2H])c([2H])c(-c5c([2H])c([2H])c([2H])c([2H])c5[2H])c([2H])c4[2H])c4c(oc5c6c([2H])c([2H])c([2H])c([2H])c6c([2H])c([2H])c54)c3[2H])c([2H])c2[2H])c([2H])c1[2H]. The Kier molecular flexibility index (Phi) is 2.97. The number of furan rings is 1. The predicted molar refractivity (Wildman–Crippen MR) is 228 cm³/mol. The molecule has 0 atom stereocenters. The van der Waals surface area contributed by atoms with Gasteiger partial charge in [0.2, 0.25) is 0 Å². The molecule has 0 radical (unpaired) electrons. The molecule has 1 aromatic heterocycles. The Labute approximate surface area is 364 Å². The van der Waals surface area contributed by atoms with Gasteiger partial charge in [-0.1, -0.05) is 169 Å². The molecule has 254 valence electrons. The van der Waals surface area contributed by atoms with Crippen molar-refractivity contribution in [3.05, 3.63) is 211 Å². The van der Waals surface area contributed by atoms with Crippen molar-refractivity contribution in [1.29, 1.82) is 0 Å². The van der Waals surface area contributed by atoms with E-state index in [1.54, 1.807) is 0 Å². The zero-order valence-electron chi connectivity index (χ0n) is 61.9. The number of fused-ring (bicyclic) bond motifs is 5. The Morgan fingerprint density at radius 3 is 1.30 bits per heavy atom. The molecule has 1 heterocycles. The third-order valence-corrected chi connectivity index (χ3v) is 7.87. The Morgan fingerprint density at radius 1 is 0.352 bits per heavy atom. The summed E-state index contributed by atoms with van der Waals surface area (Å²) >= 11 is 0. The van der Waals surface area contributed by atoms with Gasteiger partial charge in [-0.05, 0) is 92.2 Å². The van der Waals surface area contributed by atoms with Crippen molar-refractivity contribution >= 4 is 49.8 Å². The van der Waals surface area contributed by atoms with Crippen molar-refractivity contribution < 1.29 is 52.4 Å². The van der Waals surface area contributed by atoms with Gasteiger partial charge >= 0.3 is 0 Å². The van der Waals surface area contributed by atoms with Crippen LogP contribution in [0, 0.1) is 0 Å². The molecule has 0 saturated heterocycles. The van der Waals surface area contributed by atoms with E-state index in [0.717, 1.165) is 0 Å². The van der Waals surface area contributed by atoms with Gasteiger partial charge in [-0.25, -0.2) is 0 Å². The summed E-state index contributed by atoms with van der Waals surface area (Å²) in [5.74, 6) is 0. The fraction of sp³-hybridized carbons (Fsp3) is 0. The van der Waals surface area contributed by atoms with Gasteiger partial charge in [-0.2, -0.15) is 0 Å². The normalized spacial score (nSPS) is 20.4. The summed E-state index contributed by atoms with van der Waals surface area (Å²) in [5, 5.41) is -3.06. The van der Waals surface area contributed by atoms with Crippen molar-refractivity contribution in [1.82, 2.24) is 0 Å². The number of hydrogen-bond acceptors (Lipinski definition) is 2. The zero-order valence-corrected chi connectivity index (χ0v) is 26.9. The monoisotopic (exact) mass is 724 g/mol. The number of rotatable bonds is 7. The highest BCUT2D eigenvalue weighted by atomic mass is 16.3. The van der Waals surface area contributed by atoms with Gasteiger partial charge in [0, 0.05) is 22.1 Å². The van der Waals surface area contributed by atoms with E-state index in [2.05, 4.69) is 0 Å². The van der Waals surface area contributed by atoms with Gasteiger partial charge in [0.1, 0.15) is 11.2 Å². The molecule has 0 aliphatic heterocycles. The third kappa shape index (κ3) is 5.71. The van der Waals surface area contributed by atoms with Crippen LogP contribution in [0.1, 0.15) is 48.0 Å². The molecule has 0 bridgehead atoms. The van der Waals surface area contributed by atoms with Crippen LogP contribution in [0.3, 0.4) is 0 Å². The van der Waals surface area contributed by atoms with Crippen molar-refractivity contribution in [2.24, 2.45) is 0 Å². The van der Waals surface area contributed by atoms with E-state index in [9.17, 15) is 21.9 Å². The standard InChI is InChI=1S/C52H35NO/c1-4-12-36(13-5-1)39-20-22-42(23-21-39)44-34-49(51-48-33-28-43-18-10-11-19-47(43)52(48)54-50(51)35-44)53(45-29-24-40(25-30-45)37-14-6-2-7-15-37)46-31-26-41(27-32-46)38-16-8-3-9-17-38/h1-35H/i1D,2D,3D,4D,5D,6D,7D,8D,9D,10D,11D,12D,13D,14D,15D,16D,17D,18D,19D,20D,21D,22D,23D,24D,25D,26D,27D,28D,29D,30D,31D,32D,33D,34D,35D. The highest BCUT2D eigenvalue weighted by Crippen LogP contribution is 2.47. The van der Waals surface area contributed by atoms with E-state index in [-0.39, 0.29) is 0 Å². The molecule has 0 aliphatic carbocycles. The highest BCUT2D eigenvalue weighted by molar-refractivity contribution is 6.20. The van der Waals surface area contributed by atoms with Crippen LogP contribution in [0.15, 0.2) is 216 Å². The van der Waals surface area contributed by atoms with Crippen molar-refractivity contribution in [3.63, 3.8) is 0 Å². The molecule has 0 fully saturated rings. The van der Waals surface area contributed by atoms with Crippen LogP contribution >= 0.6 is 0 Å². The van der Waals surface area contributed by atoms with Crippen LogP contribution in [0.25, 0.3) is 77.2 Å². The fourth-order valence-electron chi connectivity index (χ4n) is 5.47. The summed E-state index contributed by atoms with van der Waals surface area (Å²) in [4.78, 5) is 0.298. The first-order chi connectivity index (χ1) is 41.4. The van der Waals surface area contributed by atoms with Crippen LogP contribution in [0.5, 0.6) is 0 Å². The molecule has 0 amide bonds. The quantitative estimate of drug-likeness (QED) is 0.163. The fourth-order valence-corrected chi connectivity index (χ4v) is 5.47. The number of benzene rings is 9. The first-order valence-corrected chi connectivity index (χ1v) is 15.6. The van der Waals surface area contributed by atoms with Gasteiger partial charge < -0.3 is 9.32 Å². The Morgan fingerprint density at radius 2 is 0.778 bits per heavy atom. The summed E-state index contributed by atoms with van der Waals surface area (Å²) in [6.07, 6.45) is 0. The summed E-state index contributed by atoms with van der Waals surface area (Å²) in [6.45, 7) is 0. The van der Waals surface area contributed by atoms with Crippen molar-refractivity contribution in [2.45, 2.75) is 0 Å². The Balaban J connectivity index is 1.51. The van der Waals surface area contributed by atoms with Crippen LogP contribution in [-0.2, 0) is 0 Å².